The lowest BCUT2D eigenvalue weighted by atomic mass is 10.1. The molecular weight excluding hydrogens is 204 g/mol. The lowest BCUT2D eigenvalue weighted by Gasteiger charge is -2.13. The number of nitrogens with two attached hydrogens (primary N) is 1. The summed E-state index contributed by atoms with van der Waals surface area (Å²) >= 11 is 0. The molecule has 0 fully saturated rings. The minimum absolute atomic E-state index is 0.238. The molecule has 1 heterocycles. The molecule has 1 aliphatic heterocycles. The summed E-state index contributed by atoms with van der Waals surface area (Å²) in [7, 11) is 0. The van der Waals surface area contributed by atoms with Gasteiger partial charge in [0.1, 0.15) is 0 Å². The number of benzene rings is 1. The molecule has 0 radical (unpaired) electrons. The van der Waals surface area contributed by atoms with Crippen molar-refractivity contribution in [3.8, 4) is 0 Å². The highest BCUT2D eigenvalue weighted by molar-refractivity contribution is 5.66. The molecule has 1 aromatic carbocycles. The van der Waals surface area contributed by atoms with E-state index in [4.69, 9.17) is 10.8 Å². The van der Waals surface area contributed by atoms with E-state index in [2.05, 4.69) is 11.0 Å². The van der Waals surface area contributed by atoms with E-state index in [0.717, 1.165) is 25.3 Å². The number of nitrogens with zero attached hydrogens (tertiary/aromatic N) is 1. The SMILES string of the molecule is Nc1cccc2c1CN(CCCC(=O)O)C2. The molecule has 0 aliphatic carbocycles. The van der Waals surface area contributed by atoms with Gasteiger partial charge in [0.2, 0.25) is 0 Å². The minimum Gasteiger partial charge on any atom is -0.481 e. The molecule has 16 heavy (non-hydrogen) atoms. The molecule has 1 aliphatic rings. The monoisotopic (exact) mass is 220 g/mol. The zero-order valence-electron chi connectivity index (χ0n) is 9.15. The Bertz CT molecular complexity index is 404. The van der Waals surface area contributed by atoms with Crippen LogP contribution < -0.4 is 5.73 Å². The van der Waals surface area contributed by atoms with Crippen molar-refractivity contribution in [3.05, 3.63) is 29.3 Å². The Kier molecular flexibility index (Phi) is 3.10. The van der Waals surface area contributed by atoms with E-state index < -0.39 is 5.97 Å². The molecule has 0 unspecified atom stereocenters. The summed E-state index contributed by atoms with van der Waals surface area (Å²) in [5.41, 5.74) is 9.22. The first-order chi connectivity index (χ1) is 7.66. The van der Waals surface area contributed by atoms with E-state index >= 15 is 0 Å². The fourth-order valence-corrected chi connectivity index (χ4v) is 2.13. The molecule has 4 heteroatoms. The standard InChI is InChI=1S/C12H16N2O2/c13-11-4-1-3-9-7-14(8-10(9)11)6-2-5-12(15)16/h1,3-4H,2,5-8,13H2,(H,15,16). The van der Waals surface area contributed by atoms with Crippen molar-refractivity contribution < 1.29 is 9.90 Å². The van der Waals surface area contributed by atoms with Crippen LogP contribution in [-0.4, -0.2) is 22.5 Å². The van der Waals surface area contributed by atoms with Crippen molar-refractivity contribution in [2.75, 3.05) is 12.3 Å². The second kappa shape index (κ2) is 4.53. The molecule has 0 atom stereocenters. The molecular formula is C12H16N2O2. The van der Waals surface area contributed by atoms with Crippen LogP contribution in [0, 0.1) is 0 Å². The van der Waals surface area contributed by atoms with Gasteiger partial charge in [-0.1, -0.05) is 12.1 Å². The Morgan fingerprint density at radius 2 is 2.25 bits per heavy atom. The number of rotatable bonds is 4. The Morgan fingerprint density at radius 3 is 2.94 bits per heavy atom. The Morgan fingerprint density at radius 1 is 1.44 bits per heavy atom. The molecule has 86 valence electrons. The van der Waals surface area contributed by atoms with Crippen molar-refractivity contribution in [2.24, 2.45) is 0 Å². The van der Waals surface area contributed by atoms with E-state index in [9.17, 15) is 4.79 Å². The van der Waals surface area contributed by atoms with Crippen LogP contribution in [-0.2, 0) is 17.9 Å². The van der Waals surface area contributed by atoms with Gasteiger partial charge in [-0.05, 0) is 30.2 Å². The van der Waals surface area contributed by atoms with Crippen LogP contribution in [0.5, 0.6) is 0 Å². The zero-order valence-corrected chi connectivity index (χ0v) is 9.15. The highest BCUT2D eigenvalue weighted by Gasteiger charge is 2.19. The highest BCUT2D eigenvalue weighted by atomic mass is 16.4. The summed E-state index contributed by atoms with van der Waals surface area (Å²) in [6, 6.07) is 5.97. The van der Waals surface area contributed by atoms with Gasteiger partial charge in [0.05, 0.1) is 0 Å². The van der Waals surface area contributed by atoms with Gasteiger partial charge in [-0.2, -0.15) is 0 Å². The minimum atomic E-state index is -0.726. The average molecular weight is 220 g/mol. The lowest BCUT2D eigenvalue weighted by molar-refractivity contribution is -0.137. The van der Waals surface area contributed by atoms with Gasteiger partial charge in [0, 0.05) is 25.2 Å². The number of fused-ring (bicyclic) bond motifs is 1. The molecule has 0 saturated carbocycles. The Labute approximate surface area is 94.7 Å². The van der Waals surface area contributed by atoms with E-state index in [-0.39, 0.29) is 6.42 Å². The van der Waals surface area contributed by atoms with Gasteiger partial charge in [0.25, 0.3) is 0 Å². The largest absolute Gasteiger partial charge is 0.481 e. The van der Waals surface area contributed by atoms with E-state index in [1.807, 2.05) is 12.1 Å². The van der Waals surface area contributed by atoms with Crippen LogP contribution in [0.1, 0.15) is 24.0 Å². The van der Waals surface area contributed by atoms with Crippen molar-refractivity contribution in [1.82, 2.24) is 4.90 Å². The molecule has 1 aromatic rings. The Balaban J connectivity index is 1.91. The highest BCUT2D eigenvalue weighted by Crippen LogP contribution is 2.27. The van der Waals surface area contributed by atoms with E-state index in [1.165, 1.54) is 11.1 Å². The maximum Gasteiger partial charge on any atom is 0.303 e. The van der Waals surface area contributed by atoms with Crippen LogP contribution >= 0.6 is 0 Å². The summed E-state index contributed by atoms with van der Waals surface area (Å²) in [5.74, 6) is -0.726. The quantitative estimate of drug-likeness (QED) is 0.754. The number of hydrogen-bond acceptors (Lipinski definition) is 3. The predicted molar refractivity (Wildman–Crippen MR) is 61.8 cm³/mol. The van der Waals surface area contributed by atoms with Crippen LogP contribution in [0.15, 0.2) is 18.2 Å². The number of anilines is 1. The number of nitrogen functional groups attached to an aromatic ring is 1. The fourth-order valence-electron chi connectivity index (χ4n) is 2.13. The topological polar surface area (TPSA) is 66.6 Å². The molecule has 0 bridgehead atoms. The smallest absolute Gasteiger partial charge is 0.303 e. The first-order valence-electron chi connectivity index (χ1n) is 5.47. The summed E-state index contributed by atoms with van der Waals surface area (Å²) in [4.78, 5) is 12.6. The maximum atomic E-state index is 10.4. The van der Waals surface area contributed by atoms with Gasteiger partial charge in [-0.3, -0.25) is 9.69 Å². The van der Waals surface area contributed by atoms with Gasteiger partial charge in [-0.15, -0.1) is 0 Å². The molecule has 0 amide bonds. The van der Waals surface area contributed by atoms with Gasteiger partial charge in [-0.25, -0.2) is 0 Å². The summed E-state index contributed by atoms with van der Waals surface area (Å²) in [5, 5.41) is 8.57. The number of carboxylic acids is 1. The molecule has 4 nitrogen and oxygen atoms in total. The molecule has 0 aromatic heterocycles. The van der Waals surface area contributed by atoms with Gasteiger partial charge in [0.15, 0.2) is 0 Å². The van der Waals surface area contributed by atoms with Crippen molar-refractivity contribution in [2.45, 2.75) is 25.9 Å². The molecule has 0 spiro atoms. The number of carbonyl (C=O) groups is 1. The number of aliphatic carboxylic acids is 1. The first-order valence-corrected chi connectivity index (χ1v) is 5.47. The zero-order chi connectivity index (χ0) is 11.5. The molecule has 3 N–H and O–H groups in total. The summed E-state index contributed by atoms with van der Waals surface area (Å²) in [6.45, 7) is 2.56. The second-order valence-corrected chi connectivity index (χ2v) is 4.19. The second-order valence-electron chi connectivity index (χ2n) is 4.19. The van der Waals surface area contributed by atoms with E-state index in [0.29, 0.717) is 6.42 Å². The third-order valence-corrected chi connectivity index (χ3v) is 2.95. The maximum absolute atomic E-state index is 10.4. The summed E-state index contributed by atoms with van der Waals surface area (Å²) in [6.07, 6.45) is 0.936. The number of hydrogen-bond donors (Lipinski definition) is 2. The van der Waals surface area contributed by atoms with Crippen LogP contribution in [0.4, 0.5) is 5.69 Å². The van der Waals surface area contributed by atoms with Gasteiger partial charge >= 0.3 is 5.97 Å². The van der Waals surface area contributed by atoms with Crippen LogP contribution in [0.25, 0.3) is 0 Å². The van der Waals surface area contributed by atoms with Crippen LogP contribution in [0.2, 0.25) is 0 Å². The van der Waals surface area contributed by atoms with Crippen LogP contribution in [0.3, 0.4) is 0 Å². The molecule has 0 saturated heterocycles. The Hall–Kier alpha value is -1.55. The predicted octanol–water partition coefficient (Wildman–Crippen LogP) is 1.45. The van der Waals surface area contributed by atoms with Crippen molar-refractivity contribution in [3.63, 3.8) is 0 Å². The third-order valence-electron chi connectivity index (χ3n) is 2.95. The fraction of sp³-hybridized carbons (Fsp3) is 0.417. The summed E-state index contributed by atoms with van der Waals surface area (Å²) < 4.78 is 0. The average Bonchev–Trinajstić information content (AvgIpc) is 2.61. The normalized spacial score (nSPS) is 15.0. The third kappa shape index (κ3) is 2.33. The van der Waals surface area contributed by atoms with E-state index in [1.54, 1.807) is 0 Å². The van der Waals surface area contributed by atoms with Crippen molar-refractivity contribution in [1.29, 1.82) is 0 Å². The lowest BCUT2D eigenvalue weighted by Crippen LogP contribution is -2.18. The number of carboxylic acid groups (broad SMARTS) is 1. The van der Waals surface area contributed by atoms with Crippen molar-refractivity contribution >= 4 is 11.7 Å². The van der Waals surface area contributed by atoms with Gasteiger partial charge < -0.3 is 10.8 Å². The first kappa shape index (κ1) is 11.0. The molecule has 2 rings (SSSR count).